The predicted octanol–water partition coefficient (Wildman–Crippen LogP) is 4.97. The summed E-state index contributed by atoms with van der Waals surface area (Å²) in [5.41, 5.74) is 0.368. The Morgan fingerprint density at radius 1 is 0.857 bits per heavy atom. The van der Waals surface area contributed by atoms with Crippen LogP contribution in [-0.2, 0) is 16.1 Å². The van der Waals surface area contributed by atoms with Gasteiger partial charge in [-0.25, -0.2) is 23.1 Å². The number of esters is 2. The van der Waals surface area contributed by atoms with Crippen molar-refractivity contribution in [3.8, 4) is 22.7 Å². The van der Waals surface area contributed by atoms with Crippen LogP contribution in [0.25, 0.3) is 16.9 Å². The van der Waals surface area contributed by atoms with Gasteiger partial charge in [0.15, 0.2) is 23.1 Å². The van der Waals surface area contributed by atoms with E-state index in [1.54, 1.807) is 54.6 Å². The van der Waals surface area contributed by atoms with Gasteiger partial charge in [0.1, 0.15) is 17.9 Å². The first-order valence-corrected chi connectivity index (χ1v) is 10.5. The van der Waals surface area contributed by atoms with Gasteiger partial charge in [-0.3, -0.25) is 0 Å². The molecule has 9 heteroatoms. The number of aromatic nitrogens is 2. The summed E-state index contributed by atoms with van der Waals surface area (Å²) in [5.74, 6) is -4.38. The van der Waals surface area contributed by atoms with Gasteiger partial charge >= 0.3 is 11.9 Å². The molecule has 0 atom stereocenters. The van der Waals surface area contributed by atoms with Crippen molar-refractivity contribution in [2.45, 2.75) is 6.61 Å². The van der Waals surface area contributed by atoms with E-state index >= 15 is 0 Å². The molecule has 0 saturated heterocycles. The van der Waals surface area contributed by atoms with Crippen molar-refractivity contribution in [2.75, 3.05) is 14.2 Å². The molecule has 0 unspecified atom stereocenters. The highest BCUT2D eigenvalue weighted by molar-refractivity contribution is 6.06. The highest BCUT2D eigenvalue weighted by Crippen LogP contribution is 2.33. The van der Waals surface area contributed by atoms with Crippen molar-refractivity contribution in [2.24, 2.45) is 0 Å². The number of para-hydroxylation sites is 1. The number of ether oxygens (including phenoxy) is 3. The minimum absolute atomic E-state index is 0.0451. The minimum atomic E-state index is -0.999. The fraction of sp³-hybridized carbons (Fsp3) is 0.115. The Morgan fingerprint density at radius 2 is 1.43 bits per heavy atom. The zero-order chi connectivity index (χ0) is 24.9. The largest absolute Gasteiger partial charge is 0.483 e. The molecule has 0 fully saturated rings. The third-order valence-corrected chi connectivity index (χ3v) is 5.15. The fourth-order valence-corrected chi connectivity index (χ4v) is 3.52. The van der Waals surface area contributed by atoms with Crippen molar-refractivity contribution in [3.05, 3.63) is 101 Å². The maximum Gasteiger partial charge on any atom is 0.357 e. The summed E-state index contributed by atoms with van der Waals surface area (Å²) in [7, 11) is 2.26. The quantitative estimate of drug-likeness (QED) is 0.349. The molecule has 35 heavy (non-hydrogen) atoms. The number of hydrogen-bond acceptors (Lipinski definition) is 6. The second-order valence-corrected chi connectivity index (χ2v) is 7.35. The molecular formula is C26H20F2N2O5. The summed E-state index contributed by atoms with van der Waals surface area (Å²) >= 11 is 0. The number of rotatable bonds is 7. The van der Waals surface area contributed by atoms with Crippen LogP contribution in [0.2, 0.25) is 0 Å². The van der Waals surface area contributed by atoms with Gasteiger partial charge in [0.2, 0.25) is 0 Å². The SMILES string of the molecule is COC(=O)c1c(-c2cc(F)c(OCc3ccccc3)c(F)c2)nn(-c2ccccc2)c1C(=O)OC. The maximum absolute atomic E-state index is 15.0. The number of carbonyl (C=O) groups excluding carboxylic acids is 2. The molecule has 0 bridgehead atoms. The van der Waals surface area contributed by atoms with Crippen LogP contribution in [0.3, 0.4) is 0 Å². The molecule has 178 valence electrons. The van der Waals surface area contributed by atoms with Crippen LogP contribution in [0.4, 0.5) is 8.78 Å². The molecule has 4 rings (SSSR count). The van der Waals surface area contributed by atoms with E-state index in [1.807, 2.05) is 6.07 Å². The summed E-state index contributed by atoms with van der Waals surface area (Å²) in [5, 5.41) is 4.34. The first kappa shape index (κ1) is 23.6. The molecule has 0 aliphatic heterocycles. The van der Waals surface area contributed by atoms with Gasteiger partial charge in [0.25, 0.3) is 0 Å². The molecule has 0 spiro atoms. The summed E-state index contributed by atoms with van der Waals surface area (Å²) in [6, 6.07) is 19.3. The average molecular weight is 478 g/mol. The van der Waals surface area contributed by atoms with E-state index in [2.05, 4.69) is 5.10 Å². The summed E-state index contributed by atoms with van der Waals surface area (Å²) in [6.07, 6.45) is 0. The zero-order valence-corrected chi connectivity index (χ0v) is 18.8. The van der Waals surface area contributed by atoms with E-state index in [9.17, 15) is 18.4 Å². The molecule has 0 N–H and O–H groups in total. The first-order valence-electron chi connectivity index (χ1n) is 10.5. The van der Waals surface area contributed by atoms with Gasteiger partial charge < -0.3 is 14.2 Å². The molecule has 7 nitrogen and oxygen atoms in total. The standard InChI is InChI=1S/C26H20F2N2O5/c1-33-25(31)21-22(29-30(23(21)26(32)34-2)18-11-7-4-8-12-18)17-13-19(27)24(20(28)14-17)35-15-16-9-5-3-6-10-16/h3-14H,15H2,1-2H3. The van der Waals surface area contributed by atoms with Crippen LogP contribution >= 0.6 is 0 Å². The van der Waals surface area contributed by atoms with E-state index in [4.69, 9.17) is 14.2 Å². The lowest BCUT2D eigenvalue weighted by Gasteiger charge is -2.10. The molecule has 1 heterocycles. The van der Waals surface area contributed by atoms with Gasteiger partial charge in [0, 0.05) is 5.56 Å². The van der Waals surface area contributed by atoms with Crippen molar-refractivity contribution in [1.29, 1.82) is 0 Å². The smallest absolute Gasteiger partial charge is 0.357 e. The van der Waals surface area contributed by atoms with Gasteiger partial charge in [-0.2, -0.15) is 5.10 Å². The second kappa shape index (κ2) is 10.2. The number of carbonyl (C=O) groups is 2. The van der Waals surface area contributed by atoms with E-state index in [1.165, 1.54) is 4.68 Å². The fourth-order valence-electron chi connectivity index (χ4n) is 3.52. The van der Waals surface area contributed by atoms with Crippen LogP contribution in [0.5, 0.6) is 5.75 Å². The number of halogens is 2. The third-order valence-electron chi connectivity index (χ3n) is 5.15. The third kappa shape index (κ3) is 4.74. The molecule has 3 aromatic carbocycles. The van der Waals surface area contributed by atoms with Gasteiger partial charge in [-0.1, -0.05) is 48.5 Å². The number of benzene rings is 3. The van der Waals surface area contributed by atoms with Crippen LogP contribution < -0.4 is 4.74 Å². The highest BCUT2D eigenvalue weighted by Gasteiger charge is 2.32. The molecule has 4 aromatic rings. The molecule has 0 amide bonds. The summed E-state index contributed by atoms with van der Waals surface area (Å²) in [6.45, 7) is -0.0451. The highest BCUT2D eigenvalue weighted by atomic mass is 19.1. The second-order valence-electron chi connectivity index (χ2n) is 7.35. The van der Waals surface area contributed by atoms with Gasteiger partial charge in [0.05, 0.1) is 19.9 Å². The van der Waals surface area contributed by atoms with Crippen molar-refractivity contribution < 1.29 is 32.6 Å². The molecule has 0 aliphatic carbocycles. The lowest BCUT2D eigenvalue weighted by molar-refractivity contribution is 0.0549. The Morgan fingerprint density at radius 3 is 2.00 bits per heavy atom. The van der Waals surface area contributed by atoms with E-state index < -0.39 is 29.3 Å². The van der Waals surface area contributed by atoms with E-state index in [-0.39, 0.29) is 29.1 Å². The number of nitrogens with zero attached hydrogens (tertiary/aromatic N) is 2. The summed E-state index contributed by atoms with van der Waals surface area (Å²) < 4.78 is 46.1. The van der Waals surface area contributed by atoms with Crippen molar-refractivity contribution in [3.63, 3.8) is 0 Å². The normalized spacial score (nSPS) is 10.6. The monoisotopic (exact) mass is 478 g/mol. The van der Waals surface area contributed by atoms with Crippen molar-refractivity contribution in [1.82, 2.24) is 9.78 Å². The van der Waals surface area contributed by atoms with Crippen LogP contribution in [0, 0.1) is 11.6 Å². The van der Waals surface area contributed by atoms with E-state index in [0.717, 1.165) is 31.9 Å². The first-order chi connectivity index (χ1) is 16.9. The molecular weight excluding hydrogens is 458 g/mol. The predicted molar refractivity (Wildman–Crippen MR) is 122 cm³/mol. The van der Waals surface area contributed by atoms with Crippen molar-refractivity contribution >= 4 is 11.9 Å². The van der Waals surface area contributed by atoms with E-state index in [0.29, 0.717) is 5.69 Å². The molecule has 1 aromatic heterocycles. The van der Waals surface area contributed by atoms with Crippen LogP contribution in [-0.4, -0.2) is 35.9 Å². The maximum atomic E-state index is 15.0. The number of hydrogen-bond donors (Lipinski definition) is 0. The Balaban J connectivity index is 1.83. The van der Waals surface area contributed by atoms with Crippen LogP contribution in [0.1, 0.15) is 26.4 Å². The Labute approximate surface area is 199 Å². The summed E-state index contributed by atoms with van der Waals surface area (Å²) in [4.78, 5) is 25.3. The Hall–Kier alpha value is -4.53. The molecule has 0 saturated carbocycles. The lowest BCUT2D eigenvalue weighted by atomic mass is 10.0. The molecule has 0 radical (unpaired) electrons. The Kier molecular flexibility index (Phi) is 6.86. The lowest BCUT2D eigenvalue weighted by Crippen LogP contribution is -2.15. The molecule has 0 aliphatic rings. The Bertz CT molecular complexity index is 1350. The minimum Gasteiger partial charge on any atom is -0.483 e. The van der Waals surface area contributed by atoms with Gasteiger partial charge in [-0.05, 0) is 29.8 Å². The number of methoxy groups -OCH3 is 2. The zero-order valence-electron chi connectivity index (χ0n) is 18.8. The van der Waals surface area contributed by atoms with Crippen LogP contribution in [0.15, 0.2) is 72.8 Å². The van der Waals surface area contributed by atoms with Gasteiger partial charge in [-0.15, -0.1) is 0 Å². The average Bonchev–Trinajstić information content (AvgIpc) is 3.29. The topological polar surface area (TPSA) is 79.7 Å².